The quantitative estimate of drug-likeness (QED) is 0.452. The Morgan fingerprint density at radius 1 is 1.31 bits per heavy atom. The second kappa shape index (κ2) is 6.08. The SMILES string of the molecule is CCCCCSc1nccc(C(F)(F)F)n1. The van der Waals surface area contributed by atoms with Gasteiger partial charge < -0.3 is 0 Å². The van der Waals surface area contributed by atoms with Crippen molar-refractivity contribution in [1.82, 2.24) is 9.97 Å². The van der Waals surface area contributed by atoms with Gasteiger partial charge in [-0.3, -0.25) is 0 Å². The maximum Gasteiger partial charge on any atom is 0.433 e. The van der Waals surface area contributed by atoms with E-state index >= 15 is 0 Å². The summed E-state index contributed by atoms with van der Waals surface area (Å²) in [6.07, 6.45) is -0.101. The van der Waals surface area contributed by atoms with E-state index in [0.29, 0.717) is 0 Å². The van der Waals surface area contributed by atoms with Crippen LogP contribution in [0.4, 0.5) is 13.2 Å². The molecule has 90 valence electrons. The molecule has 0 unspecified atom stereocenters. The number of aromatic nitrogens is 2. The summed E-state index contributed by atoms with van der Waals surface area (Å²) in [5.74, 6) is 0.759. The van der Waals surface area contributed by atoms with Crippen molar-refractivity contribution in [2.75, 3.05) is 5.75 Å². The first-order chi connectivity index (χ1) is 7.54. The third-order valence-corrected chi connectivity index (χ3v) is 2.85. The molecule has 0 bridgehead atoms. The van der Waals surface area contributed by atoms with Crippen LogP contribution in [0.2, 0.25) is 0 Å². The fraction of sp³-hybridized carbons (Fsp3) is 0.600. The Morgan fingerprint density at radius 2 is 2.06 bits per heavy atom. The first-order valence-corrected chi connectivity index (χ1v) is 6.05. The van der Waals surface area contributed by atoms with Gasteiger partial charge in [-0.2, -0.15) is 13.2 Å². The summed E-state index contributed by atoms with van der Waals surface area (Å²) in [7, 11) is 0. The summed E-state index contributed by atoms with van der Waals surface area (Å²) in [4.78, 5) is 7.27. The van der Waals surface area contributed by atoms with Crippen LogP contribution in [0.3, 0.4) is 0 Å². The summed E-state index contributed by atoms with van der Waals surface area (Å²) >= 11 is 1.27. The minimum absolute atomic E-state index is 0.200. The first-order valence-electron chi connectivity index (χ1n) is 5.07. The summed E-state index contributed by atoms with van der Waals surface area (Å²) in [6.45, 7) is 2.07. The molecule has 1 aromatic rings. The van der Waals surface area contributed by atoms with Crippen LogP contribution in [0.25, 0.3) is 0 Å². The van der Waals surface area contributed by atoms with Gasteiger partial charge in [-0.05, 0) is 12.5 Å². The minimum atomic E-state index is -4.39. The zero-order valence-electron chi connectivity index (χ0n) is 8.92. The molecule has 1 heterocycles. The van der Waals surface area contributed by atoms with E-state index in [1.807, 2.05) is 0 Å². The van der Waals surface area contributed by atoms with E-state index in [1.54, 1.807) is 0 Å². The molecule has 1 aromatic heterocycles. The van der Waals surface area contributed by atoms with Gasteiger partial charge in [0.1, 0.15) is 5.69 Å². The van der Waals surface area contributed by atoms with Crippen molar-refractivity contribution in [1.29, 1.82) is 0 Å². The molecule has 0 N–H and O–H groups in total. The predicted molar refractivity (Wildman–Crippen MR) is 57.3 cm³/mol. The van der Waals surface area contributed by atoms with Crippen LogP contribution in [-0.2, 0) is 6.18 Å². The van der Waals surface area contributed by atoms with Crippen molar-refractivity contribution in [2.45, 2.75) is 37.5 Å². The van der Waals surface area contributed by atoms with Gasteiger partial charge in [0.05, 0.1) is 0 Å². The average Bonchev–Trinajstić information content (AvgIpc) is 2.24. The Kier molecular flexibility index (Phi) is 5.05. The van der Waals surface area contributed by atoms with E-state index in [1.165, 1.54) is 11.8 Å². The lowest BCUT2D eigenvalue weighted by Crippen LogP contribution is -2.08. The highest BCUT2D eigenvalue weighted by Crippen LogP contribution is 2.28. The van der Waals surface area contributed by atoms with Crippen molar-refractivity contribution < 1.29 is 13.2 Å². The van der Waals surface area contributed by atoms with Crippen LogP contribution >= 0.6 is 11.8 Å². The molecular weight excluding hydrogens is 237 g/mol. The first kappa shape index (κ1) is 13.3. The molecule has 0 aromatic carbocycles. The fourth-order valence-electron chi connectivity index (χ4n) is 1.08. The van der Waals surface area contributed by atoms with Crippen molar-refractivity contribution in [3.8, 4) is 0 Å². The maximum absolute atomic E-state index is 12.3. The monoisotopic (exact) mass is 250 g/mol. The molecule has 16 heavy (non-hydrogen) atoms. The Labute approximate surface area is 96.7 Å². The summed E-state index contributed by atoms with van der Waals surface area (Å²) in [6, 6.07) is 0.885. The summed E-state index contributed by atoms with van der Waals surface area (Å²) in [5.41, 5.74) is -0.875. The summed E-state index contributed by atoms with van der Waals surface area (Å²) < 4.78 is 36.9. The molecule has 0 radical (unpaired) electrons. The normalized spacial score (nSPS) is 11.8. The minimum Gasteiger partial charge on any atom is -0.231 e. The highest BCUT2D eigenvalue weighted by Gasteiger charge is 2.32. The van der Waals surface area contributed by atoms with Crippen molar-refractivity contribution >= 4 is 11.8 Å². The number of hydrogen-bond acceptors (Lipinski definition) is 3. The molecule has 0 aliphatic heterocycles. The smallest absolute Gasteiger partial charge is 0.231 e. The van der Waals surface area contributed by atoms with E-state index in [-0.39, 0.29) is 5.16 Å². The number of hydrogen-bond donors (Lipinski definition) is 0. The Bertz CT molecular complexity index is 328. The number of alkyl halides is 3. The molecule has 0 fully saturated rings. The van der Waals surface area contributed by atoms with Gasteiger partial charge in [-0.25, -0.2) is 9.97 Å². The molecule has 0 saturated heterocycles. The Balaban J connectivity index is 2.54. The van der Waals surface area contributed by atoms with Gasteiger partial charge in [0, 0.05) is 11.9 Å². The maximum atomic E-state index is 12.3. The third kappa shape index (κ3) is 4.38. The molecule has 0 spiro atoms. The number of unbranched alkanes of at least 4 members (excludes halogenated alkanes) is 2. The van der Waals surface area contributed by atoms with Crippen LogP contribution in [-0.4, -0.2) is 15.7 Å². The second-order valence-corrected chi connectivity index (χ2v) is 4.34. The second-order valence-electron chi connectivity index (χ2n) is 3.28. The standard InChI is InChI=1S/C10H13F3N2S/c1-2-3-4-7-16-9-14-6-5-8(15-9)10(11,12)13/h5-6H,2-4,7H2,1H3. The molecular formula is C10H13F3N2S. The molecule has 0 aliphatic rings. The van der Waals surface area contributed by atoms with Crippen molar-refractivity contribution in [3.05, 3.63) is 18.0 Å². The molecule has 0 amide bonds. The molecule has 0 aliphatic carbocycles. The molecule has 0 saturated carbocycles. The van der Waals surface area contributed by atoms with E-state index in [9.17, 15) is 13.2 Å². The van der Waals surface area contributed by atoms with Crippen LogP contribution in [0.1, 0.15) is 31.9 Å². The molecule has 0 atom stereocenters. The average molecular weight is 250 g/mol. The zero-order chi connectivity index (χ0) is 12.0. The van der Waals surface area contributed by atoms with Crippen molar-refractivity contribution in [2.24, 2.45) is 0 Å². The Hall–Kier alpha value is -0.780. The largest absolute Gasteiger partial charge is 0.433 e. The molecule has 6 heteroatoms. The zero-order valence-corrected chi connectivity index (χ0v) is 9.74. The lowest BCUT2D eigenvalue weighted by atomic mass is 10.3. The molecule has 1 rings (SSSR count). The number of rotatable bonds is 5. The van der Waals surface area contributed by atoms with E-state index < -0.39 is 11.9 Å². The van der Waals surface area contributed by atoms with Gasteiger partial charge in [0.25, 0.3) is 0 Å². The van der Waals surface area contributed by atoms with E-state index in [2.05, 4.69) is 16.9 Å². The van der Waals surface area contributed by atoms with Gasteiger partial charge in [-0.15, -0.1) is 0 Å². The van der Waals surface area contributed by atoms with Crippen molar-refractivity contribution in [3.63, 3.8) is 0 Å². The topological polar surface area (TPSA) is 25.8 Å². The van der Waals surface area contributed by atoms with Gasteiger partial charge in [-0.1, -0.05) is 31.5 Å². The van der Waals surface area contributed by atoms with Crippen LogP contribution < -0.4 is 0 Å². The Morgan fingerprint density at radius 3 is 2.69 bits per heavy atom. The highest BCUT2D eigenvalue weighted by molar-refractivity contribution is 7.99. The fourth-order valence-corrected chi connectivity index (χ4v) is 1.91. The van der Waals surface area contributed by atoms with E-state index in [0.717, 1.165) is 37.3 Å². The lowest BCUT2D eigenvalue weighted by Gasteiger charge is -2.06. The van der Waals surface area contributed by atoms with Crippen LogP contribution in [0.15, 0.2) is 17.4 Å². The van der Waals surface area contributed by atoms with Gasteiger partial charge >= 0.3 is 6.18 Å². The summed E-state index contributed by atoms with van der Waals surface area (Å²) in [5, 5.41) is 0.200. The van der Waals surface area contributed by atoms with Crippen LogP contribution in [0.5, 0.6) is 0 Å². The molecule has 2 nitrogen and oxygen atoms in total. The number of halogens is 3. The van der Waals surface area contributed by atoms with E-state index in [4.69, 9.17) is 0 Å². The van der Waals surface area contributed by atoms with Gasteiger partial charge in [0.15, 0.2) is 5.16 Å². The highest BCUT2D eigenvalue weighted by atomic mass is 32.2. The number of thioether (sulfide) groups is 1. The van der Waals surface area contributed by atoms with Gasteiger partial charge in [0.2, 0.25) is 0 Å². The lowest BCUT2D eigenvalue weighted by molar-refractivity contribution is -0.141. The number of nitrogens with zero attached hydrogens (tertiary/aromatic N) is 2. The third-order valence-electron chi connectivity index (χ3n) is 1.90. The van der Waals surface area contributed by atoms with Crippen LogP contribution in [0, 0.1) is 0 Å². The predicted octanol–water partition coefficient (Wildman–Crippen LogP) is 3.78.